The second-order valence-corrected chi connectivity index (χ2v) is 10.8. The molecular weight excluding hydrogens is 508 g/mol. The highest BCUT2D eigenvalue weighted by Crippen LogP contribution is 2.42. The minimum Gasteiger partial charge on any atom is -0.309 e. The van der Waals surface area contributed by atoms with Crippen LogP contribution < -0.4 is 0 Å². The van der Waals surface area contributed by atoms with Gasteiger partial charge < -0.3 is 4.57 Å². The van der Waals surface area contributed by atoms with E-state index in [9.17, 15) is 0 Å². The zero-order valence-corrected chi connectivity index (χ0v) is 22.2. The number of pyridine rings is 2. The molecule has 0 radical (unpaired) electrons. The van der Waals surface area contributed by atoms with E-state index in [4.69, 9.17) is 4.98 Å². The van der Waals surface area contributed by atoms with Gasteiger partial charge in [0.15, 0.2) is 0 Å². The third-order valence-electron chi connectivity index (χ3n) is 7.35. The second kappa shape index (κ2) is 9.26. The van der Waals surface area contributed by atoms with Crippen molar-refractivity contribution in [2.45, 2.75) is 0 Å². The van der Waals surface area contributed by atoms with Crippen LogP contribution in [0.15, 0.2) is 134 Å². The van der Waals surface area contributed by atoms with Crippen LogP contribution in [0.1, 0.15) is 0 Å². The monoisotopic (exact) mass is 530 g/mol. The summed E-state index contributed by atoms with van der Waals surface area (Å²) < 4.78 is 3.55. The number of nitrogens with zero attached hydrogens (tertiary/aromatic N) is 4. The Bertz CT molecular complexity index is 2130. The lowest BCUT2D eigenvalue weighted by Crippen LogP contribution is -1.95. The Labute approximate surface area is 234 Å². The van der Waals surface area contributed by atoms with E-state index in [-0.39, 0.29) is 0 Å². The SMILES string of the molecule is c1ccc(-c2cccc(-n3c4ccccc4c4c(-c5cccnc5)cc(-c5nc6ccccc6s5)cc43)c2)nc1. The number of para-hydroxylation sites is 2. The van der Waals surface area contributed by atoms with Gasteiger partial charge in [-0.1, -0.05) is 54.6 Å². The first-order valence-corrected chi connectivity index (χ1v) is 14.0. The average Bonchev–Trinajstić information content (AvgIpc) is 3.61. The Morgan fingerprint density at radius 3 is 2.38 bits per heavy atom. The molecule has 0 unspecified atom stereocenters. The van der Waals surface area contributed by atoms with Crippen molar-refractivity contribution in [3.05, 3.63) is 134 Å². The summed E-state index contributed by atoms with van der Waals surface area (Å²) in [5.41, 5.74) is 9.77. The summed E-state index contributed by atoms with van der Waals surface area (Å²) in [4.78, 5) is 14.1. The summed E-state index contributed by atoms with van der Waals surface area (Å²) in [6.45, 7) is 0. The molecule has 5 heteroatoms. The van der Waals surface area contributed by atoms with Crippen LogP contribution in [0.2, 0.25) is 0 Å². The number of aromatic nitrogens is 4. The van der Waals surface area contributed by atoms with Crippen molar-refractivity contribution in [3.63, 3.8) is 0 Å². The summed E-state index contributed by atoms with van der Waals surface area (Å²) in [7, 11) is 0. The first kappa shape index (κ1) is 22.8. The number of rotatable bonds is 4. The van der Waals surface area contributed by atoms with E-state index >= 15 is 0 Å². The smallest absolute Gasteiger partial charge is 0.124 e. The van der Waals surface area contributed by atoms with Gasteiger partial charge >= 0.3 is 0 Å². The van der Waals surface area contributed by atoms with E-state index in [0.29, 0.717) is 0 Å². The molecule has 0 saturated carbocycles. The van der Waals surface area contributed by atoms with Gasteiger partial charge in [0, 0.05) is 51.7 Å². The van der Waals surface area contributed by atoms with Gasteiger partial charge in [-0.25, -0.2) is 4.98 Å². The Morgan fingerprint density at radius 2 is 1.50 bits per heavy atom. The van der Waals surface area contributed by atoms with Crippen LogP contribution >= 0.6 is 11.3 Å². The molecule has 8 aromatic rings. The molecule has 0 atom stereocenters. The molecule has 0 saturated heterocycles. The molecule has 4 aromatic heterocycles. The average molecular weight is 531 g/mol. The summed E-state index contributed by atoms with van der Waals surface area (Å²) in [6.07, 6.45) is 5.61. The fourth-order valence-corrected chi connectivity index (χ4v) is 6.53. The lowest BCUT2D eigenvalue weighted by molar-refractivity contribution is 1.18. The molecule has 40 heavy (non-hydrogen) atoms. The Hall–Kier alpha value is -5.13. The maximum Gasteiger partial charge on any atom is 0.124 e. The fourth-order valence-electron chi connectivity index (χ4n) is 5.58. The normalized spacial score (nSPS) is 11.5. The second-order valence-electron chi connectivity index (χ2n) is 9.76. The molecule has 4 nitrogen and oxygen atoms in total. The third-order valence-corrected chi connectivity index (χ3v) is 8.44. The molecule has 0 aliphatic heterocycles. The third kappa shape index (κ3) is 3.71. The van der Waals surface area contributed by atoms with Crippen molar-refractivity contribution in [2.24, 2.45) is 0 Å². The van der Waals surface area contributed by atoms with Gasteiger partial charge in [0.1, 0.15) is 5.01 Å². The highest BCUT2D eigenvalue weighted by atomic mass is 32.1. The maximum atomic E-state index is 5.02. The van der Waals surface area contributed by atoms with Gasteiger partial charge in [0.25, 0.3) is 0 Å². The van der Waals surface area contributed by atoms with Crippen LogP contribution in [0.3, 0.4) is 0 Å². The van der Waals surface area contributed by atoms with Crippen molar-refractivity contribution < 1.29 is 0 Å². The largest absolute Gasteiger partial charge is 0.309 e. The predicted octanol–water partition coefficient (Wildman–Crippen LogP) is 9.18. The lowest BCUT2D eigenvalue weighted by Gasteiger charge is -2.12. The number of thiazole rings is 1. The molecule has 4 aromatic carbocycles. The minimum atomic E-state index is 0.955. The first-order valence-electron chi connectivity index (χ1n) is 13.2. The van der Waals surface area contributed by atoms with Crippen LogP contribution in [0, 0.1) is 0 Å². The Kier molecular flexibility index (Phi) is 5.28. The molecule has 0 aliphatic rings. The van der Waals surface area contributed by atoms with E-state index in [1.54, 1.807) is 11.3 Å². The summed E-state index contributed by atoms with van der Waals surface area (Å²) in [6, 6.07) is 40.3. The van der Waals surface area contributed by atoms with Gasteiger partial charge in [-0.3, -0.25) is 9.97 Å². The van der Waals surface area contributed by atoms with Crippen LogP contribution in [0.4, 0.5) is 0 Å². The predicted molar refractivity (Wildman–Crippen MR) is 166 cm³/mol. The molecule has 4 heterocycles. The standard InChI is InChI=1S/C35H22N4S/c1-3-15-31-27(12-1)34-28(24-10-8-17-36-22-24)20-25(35-38-30-14-2-4-16-33(30)40-35)21-32(34)39(31)26-11-7-9-23(19-26)29-13-5-6-18-37-29/h1-22H. The van der Waals surface area contributed by atoms with Gasteiger partial charge in [0.05, 0.1) is 26.9 Å². The maximum absolute atomic E-state index is 5.02. The van der Waals surface area contributed by atoms with Crippen LogP contribution in [-0.4, -0.2) is 19.5 Å². The summed E-state index contributed by atoms with van der Waals surface area (Å²) >= 11 is 1.73. The molecule has 0 spiro atoms. The van der Waals surface area contributed by atoms with Crippen molar-refractivity contribution in [1.82, 2.24) is 19.5 Å². The van der Waals surface area contributed by atoms with Crippen molar-refractivity contribution >= 4 is 43.4 Å². The van der Waals surface area contributed by atoms with E-state index in [1.807, 2.05) is 42.9 Å². The molecule has 8 rings (SSSR count). The molecule has 188 valence electrons. The number of hydrogen-bond donors (Lipinski definition) is 0. The summed E-state index contributed by atoms with van der Waals surface area (Å²) in [5.74, 6) is 0. The molecule has 0 fully saturated rings. The first-order chi connectivity index (χ1) is 19.8. The fraction of sp³-hybridized carbons (Fsp3) is 0. The molecular formula is C35H22N4S. The number of benzene rings is 4. The topological polar surface area (TPSA) is 43.6 Å². The van der Waals surface area contributed by atoms with Gasteiger partial charge in [-0.15, -0.1) is 11.3 Å². The number of hydrogen-bond acceptors (Lipinski definition) is 4. The molecule has 0 amide bonds. The zero-order chi connectivity index (χ0) is 26.5. The quantitative estimate of drug-likeness (QED) is 0.228. The Balaban J connectivity index is 1.47. The zero-order valence-electron chi connectivity index (χ0n) is 21.4. The van der Waals surface area contributed by atoms with Crippen molar-refractivity contribution in [3.8, 4) is 38.6 Å². The van der Waals surface area contributed by atoms with Crippen molar-refractivity contribution in [1.29, 1.82) is 0 Å². The van der Waals surface area contributed by atoms with Gasteiger partial charge in [-0.2, -0.15) is 0 Å². The molecule has 0 bridgehead atoms. The van der Waals surface area contributed by atoms with E-state index in [1.165, 1.54) is 15.5 Å². The van der Waals surface area contributed by atoms with Crippen LogP contribution in [-0.2, 0) is 0 Å². The number of fused-ring (bicyclic) bond motifs is 4. The van der Waals surface area contributed by atoms with E-state index in [0.717, 1.165) is 55.2 Å². The summed E-state index contributed by atoms with van der Waals surface area (Å²) in [5, 5.41) is 3.42. The van der Waals surface area contributed by atoms with Crippen molar-refractivity contribution in [2.75, 3.05) is 0 Å². The van der Waals surface area contributed by atoms with Crippen LogP contribution in [0.25, 0.3) is 70.7 Å². The minimum absolute atomic E-state index is 0.955. The molecule has 0 N–H and O–H groups in total. The highest BCUT2D eigenvalue weighted by molar-refractivity contribution is 7.21. The van der Waals surface area contributed by atoms with Gasteiger partial charge in [-0.05, 0) is 66.2 Å². The van der Waals surface area contributed by atoms with E-state index < -0.39 is 0 Å². The lowest BCUT2D eigenvalue weighted by atomic mass is 9.98. The van der Waals surface area contributed by atoms with Crippen LogP contribution in [0.5, 0.6) is 0 Å². The molecule has 0 aliphatic carbocycles. The highest BCUT2D eigenvalue weighted by Gasteiger charge is 2.19. The van der Waals surface area contributed by atoms with Gasteiger partial charge in [0.2, 0.25) is 0 Å². The van der Waals surface area contributed by atoms with E-state index in [2.05, 4.69) is 106 Å². The Morgan fingerprint density at radius 1 is 0.625 bits per heavy atom.